The van der Waals surface area contributed by atoms with Crippen molar-refractivity contribution in [3.8, 4) is 17.1 Å². The van der Waals surface area contributed by atoms with Gasteiger partial charge in [0.2, 0.25) is 0 Å². The number of allylic oxidation sites excluding steroid dienone is 2. The molecule has 59 heavy (non-hydrogen) atoms. The summed E-state index contributed by atoms with van der Waals surface area (Å²) in [4.78, 5) is 2.39. The number of hydrogen-bond donors (Lipinski definition) is 0. The molecule has 0 aliphatic heterocycles. The van der Waals surface area contributed by atoms with Gasteiger partial charge in [-0.05, 0) is 146 Å². The van der Waals surface area contributed by atoms with Crippen molar-refractivity contribution < 1.29 is 0 Å². The van der Waals surface area contributed by atoms with Crippen molar-refractivity contribution in [1.82, 2.24) is 13.7 Å². The van der Waals surface area contributed by atoms with Crippen LogP contribution in [0.25, 0.3) is 72.8 Å². The SMILES string of the molecule is CC1CC=Cc2c1c1ccccc1n2-c1ccc(N(c2ccc(-n3c4c(c5ccccc53)CCC=C4)cc2)c2ccc(-n3c4ccccc4c4ccccc43)cc2)cc1. The van der Waals surface area contributed by atoms with Crippen molar-refractivity contribution >= 4 is 72.8 Å². The third-order valence-electron chi connectivity index (χ3n) is 12.7. The molecule has 1 atom stereocenters. The third kappa shape index (κ3) is 5.23. The lowest BCUT2D eigenvalue weighted by Gasteiger charge is -2.26. The fourth-order valence-electron chi connectivity index (χ4n) is 10.1. The Bertz CT molecular complexity index is 3240. The lowest BCUT2D eigenvalue weighted by molar-refractivity contribution is 0.773. The van der Waals surface area contributed by atoms with E-state index in [0.717, 1.165) is 42.0 Å². The molecule has 2 aliphatic carbocycles. The van der Waals surface area contributed by atoms with Crippen LogP contribution in [0, 0.1) is 0 Å². The Morgan fingerprint density at radius 2 is 0.847 bits per heavy atom. The summed E-state index contributed by atoms with van der Waals surface area (Å²) in [5.74, 6) is 0.482. The number of rotatable bonds is 6. The molecular weight excluding hydrogens is 717 g/mol. The minimum atomic E-state index is 0.482. The van der Waals surface area contributed by atoms with E-state index in [1.807, 2.05) is 0 Å². The second-order valence-electron chi connectivity index (χ2n) is 16.1. The van der Waals surface area contributed by atoms with Gasteiger partial charge in [-0.3, -0.25) is 0 Å². The minimum Gasteiger partial charge on any atom is -0.310 e. The highest BCUT2D eigenvalue weighted by atomic mass is 15.1. The van der Waals surface area contributed by atoms with Crippen molar-refractivity contribution in [2.24, 2.45) is 0 Å². The average molecular weight is 759 g/mol. The Morgan fingerprint density at radius 1 is 0.424 bits per heavy atom. The molecule has 0 saturated heterocycles. The van der Waals surface area contributed by atoms with Gasteiger partial charge in [0.05, 0.1) is 22.1 Å². The maximum absolute atomic E-state index is 2.44. The van der Waals surface area contributed by atoms with E-state index in [9.17, 15) is 0 Å². The van der Waals surface area contributed by atoms with Gasteiger partial charge in [-0.15, -0.1) is 0 Å². The van der Waals surface area contributed by atoms with E-state index >= 15 is 0 Å². The largest absolute Gasteiger partial charge is 0.310 e. The zero-order valence-electron chi connectivity index (χ0n) is 33.0. The van der Waals surface area contributed by atoms with E-state index < -0.39 is 0 Å². The molecule has 0 spiro atoms. The molecule has 10 aromatic rings. The van der Waals surface area contributed by atoms with Gasteiger partial charge in [0.25, 0.3) is 0 Å². The maximum Gasteiger partial charge on any atom is 0.0541 e. The Hall–Kier alpha value is -7.30. The quantitative estimate of drug-likeness (QED) is 0.165. The highest BCUT2D eigenvalue weighted by Crippen LogP contribution is 2.42. The summed E-state index contributed by atoms with van der Waals surface area (Å²) < 4.78 is 7.26. The highest BCUT2D eigenvalue weighted by molar-refractivity contribution is 6.09. The standard InChI is InChI=1S/C55H42N4/c1-37-13-12-24-54-55(37)48-18-6-11-23-53(48)59(54)43-35-29-40(30-36-43)56(38-25-31-41(32-26-38)57-49-19-7-2-14-44(49)45-15-3-8-20-50(45)57)39-27-33-42(34-28-39)58-51-21-9-4-16-46(51)47-17-5-10-22-52(47)58/h2-4,6-12,14-16,18-37H,5,13,17H2,1H3. The Morgan fingerprint density at radius 3 is 1.41 bits per heavy atom. The van der Waals surface area contributed by atoms with E-state index in [-0.39, 0.29) is 0 Å². The summed E-state index contributed by atoms with van der Waals surface area (Å²) in [7, 11) is 0. The smallest absolute Gasteiger partial charge is 0.0541 e. The van der Waals surface area contributed by atoms with Crippen LogP contribution < -0.4 is 4.90 Å². The summed E-state index contributed by atoms with van der Waals surface area (Å²) in [5.41, 5.74) is 17.2. The number of anilines is 3. The molecule has 7 aromatic carbocycles. The lowest BCUT2D eigenvalue weighted by Crippen LogP contribution is -2.11. The van der Waals surface area contributed by atoms with E-state index in [1.165, 1.54) is 77.5 Å². The molecule has 0 radical (unpaired) electrons. The molecule has 4 heteroatoms. The number of nitrogens with zero attached hydrogens (tertiary/aromatic N) is 4. The van der Waals surface area contributed by atoms with Gasteiger partial charge in [0.15, 0.2) is 0 Å². The topological polar surface area (TPSA) is 18.0 Å². The zero-order chi connectivity index (χ0) is 39.0. The Labute approximate surface area is 343 Å². The van der Waals surface area contributed by atoms with Gasteiger partial charge in [0.1, 0.15) is 0 Å². The molecule has 0 bridgehead atoms. The minimum absolute atomic E-state index is 0.482. The number of benzene rings is 7. The summed E-state index contributed by atoms with van der Waals surface area (Å²) in [5, 5.41) is 5.23. The van der Waals surface area contributed by atoms with E-state index in [1.54, 1.807) is 0 Å². The van der Waals surface area contributed by atoms with Crippen LogP contribution >= 0.6 is 0 Å². The first-order chi connectivity index (χ1) is 29.2. The third-order valence-corrected chi connectivity index (χ3v) is 12.7. The predicted molar refractivity (Wildman–Crippen MR) is 249 cm³/mol. The molecule has 4 nitrogen and oxygen atoms in total. The average Bonchev–Trinajstić information content (AvgIpc) is 3.94. The monoisotopic (exact) mass is 758 g/mol. The first-order valence-corrected chi connectivity index (χ1v) is 20.9. The van der Waals surface area contributed by atoms with Gasteiger partial charge in [0, 0.05) is 67.1 Å². The number of hydrogen-bond acceptors (Lipinski definition) is 1. The van der Waals surface area contributed by atoms with Crippen LogP contribution in [-0.4, -0.2) is 13.7 Å². The fourth-order valence-corrected chi connectivity index (χ4v) is 10.1. The van der Waals surface area contributed by atoms with Gasteiger partial charge >= 0.3 is 0 Å². The first-order valence-electron chi connectivity index (χ1n) is 20.9. The van der Waals surface area contributed by atoms with Crippen molar-refractivity contribution in [3.05, 3.63) is 205 Å². The molecular formula is C55H42N4. The van der Waals surface area contributed by atoms with Gasteiger partial charge < -0.3 is 18.6 Å². The Balaban J connectivity index is 0.987. The van der Waals surface area contributed by atoms with Gasteiger partial charge in [-0.1, -0.05) is 91.9 Å². The summed E-state index contributed by atoms with van der Waals surface area (Å²) >= 11 is 0. The highest BCUT2D eigenvalue weighted by Gasteiger charge is 2.24. The number of aromatic nitrogens is 3. The number of aryl methyl sites for hydroxylation is 1. The van der Waals surface area contributed by atoms with Crippen molar-refractivity contribution in [2.75, 3.05) is 4.90 Å². The zero-order valence-corrected chi connectivity index (χ0v) is 33.0. The molecule has 2 aliphatic rings. The van der Waals surface area contributed by atoms with E-state index in [2.05, 4.69) is 220 Å². The van der Waals surface area contributed by atoms with Crippen LogP contribution in [0.1, 0.15) is 48.2 Å². The summed E-state index contributed by atoms with van der Waals surface area (Å²) in [6, 6.07) is 62.4. The van der Waals surface area contributed by atoms with Crippen LogP contribution in [0.2, 0.25) is 0 Å². The molecule has 0 amide bonds. The molecule has 282 valence electrons. The first kappa shape index (κ1) is 33.8. The molecule has 3 heterocycles. The van der Waals surface area contributed by atoms with Crippen molar-refractivity contribution in [3.63, 3.8) is 0 Å². The molecule has 12 rings (SSSR count). The van der Waals surface area contributed by atoms with E-state index in [4.69, 9.17) is 0 Å². The molecule has 1 unspecified atom stereocenters. The van der Waals surface area contributed by atoms with Crippen LogP contribution in [0.15, 0.2) is 182 Å². The van der Waals surface area contributed by atoms with Gasteiger partial charge in [-0.25, -0.2) is 0 Å². The van der Waals surface area contributed by atoms with Crippen molar-refractivity contribution in [2.45, 2.75) is 32.1 Å². The molecule has 0 fully saturated rings. The fraction of sp³-hybridized carbons (Fsp3) is 0.0909. The van der Waals surface area contributed by atoms with Crippen LogP contribution in [0.5, 0.6) is 0 Å². The van der Waals surface area contributed by atoms with Crippen LogP contribution in [0.4, 0.5) is 17.1 Å². The number of para-hydroxylation sites is 4. The molecule has 3 aromatic heterocycles. The summed E-state index contributed by atoms with van der Waals surface area (Å²) in [6.07, 6.45) is 12.5. The van der Waals surface area contributed by atoms with Crippen molar-refractivity contribution in [1.29, 1.82) is 0 Å². The summed E-state index contributed by atoms with van der Waals surface area (Å²) in [6.45, 7) is 2.35. The number of fused-ring (bicyclic) bond motifs is 9. The van der Waals surface area contributed by atoms with Crippen LogP contribution in [0.3, 0.4) is 0 Å². The normalized spacial score (nSPS) is 14.7. The molecule has 0 N–H and O–H groups in total. The maximum atomic E-state index is 2.44. The Kier molecular flexibility index (Phi) is 7.67. The molecule has 0 saturated carbocycles. The van der Waals surface area contributed by atoms with Gasteiger partial charge in [-0.2, -0.15) is 0 Å². The second-order valence-corrected chi connectivity index (χ2v) is 16.1. The predicted octanol–water partition coefficient (Wildman–Crippen LogP) is 14.6. The van der Waals surface area contributed by atoms with E-state index in [0.29, 0.717) is 5.92 Å². The lowest BCUT2D eigenvalue weighted by atomic mass is 9.91. The second kappa shape index (κ2) is 13.4. The van der Waals surface area contributed by atoms with Crippen LogP contribution in [-0.2, 0) is 6.42 Å².